The SMILES string of the molecule is COc1ccccc1C=NNC(=O)c1ccc(NC(=O)c2ccccc2Cl)cc1. The standard InChI is InChI=1S/C22H18ClN3O3/c1-29-20-9-5-2-6-16(20)14-24-26-21(27)15-10-12-17(13-11-15)25-22(28)18-7-3-4-8-19(18)23/h2-14H,1H3,(H,25,28)(H,26,27). The fraction of sp³-hybridized carbons (Fsp3) is 0.0455. The number of nitrogens with one attached hydrogen (secondary N) is 2. The summed E-state index contributed by atoms with van der Waals surface area (Å²) >= 11 is 6.03. The summed E-state index contributed by atoms with van der Waals surface area (Å²) in [6.07, 6.45) is 1.51. The van der Waals surface area contributed by atoms with Crippen LogP contribution in [0.25, 0.3) is 0 Å². The molecule has 0 aromatic heterocycles. The second-order valence-corrected chi connectivity index (χ2v) is 6.36. The van der Waals surface area contributed by atoms with Crippen molar-refractivity contribution >= 4 is 35.3 Å². The molecule has 0 bridgehead atoms. The first-order valence-electron chi connectivity index (χ1n) is 8.71. The summed E-state index contributed by atoms with van der Waals surface area (Å²) in [6.45, 7) is 0. The summed E-state index contributed by atoms with van der Waals surface area (Å²) in [5.74, 6) is -0.0431. The molecule has 0 spiro atoms. The van der Waals surface area contributed by atoms with Crippen LogP contribution in [0.2, 0.25) is 5.02 Å². The zero-order chi connectivity index (χ0) is 20.6. The lowest BCUT2D eigenvalue weighted by atomic mass is 10.1. The van der Waals surface area contributed by atoms with E-state index in [1.54, 1.807) is 61.7 Å². The van der Waals surface area contributed by atoms with Crippen molar-refractivity contribution < 1.29 is 14.3 Å². The number of ether oxygens (including phenoxy) is 1. The molecular weight excluding hydrogens is 390 g/mol. The molecule has 6 nitrogen and oxygen atoms in total. The van der Waals surface area contributed by atoms with Gasteiger partial charge < -0.3 is 10.1 Å². The number of halogens is 1. The third-order valence-electron chi connectivity index (χ3n) is 4.03. The number of hydrazone groups is 1. The molecule has 0 atom stereocenters. The van der Waals surface area contributed by atoms with E-state index >= 15 is 0 Å². The van der Waals surface area contributed by atoms with Gasteiger partial charge in [-0.2, -0.15) is 5.10 Å². The van der Waals surface area contributed by atoms with Crippen molar-refractivity contribution in [1.29, 1.82) is 0 Å². The van der Waals surface area contributed by atoms with Gasteiger partial charge in [0.2, 0.25) is 0 Å². The summed E-state index contributed by atoms with van der Waals surface area (Å²) in [6, 6.07) is 20.6. The predicted octanol–water partition coefficient (Wildman–Crippen LogP) is 4.36. The van der Waals surface area contributed by atoms with Crippen LogP contribution >= 0.6 is 11.6 Å². The largest absolute Gasteiger partial charge is 0.496 e. The minimum absolute atomic E-state index is 0.325. The lowest BCUT2D eigenvalue weighted by molar-refractivity contribution is 0.0954. The average Bonchev–Trinajstić information content (AvgIpc) is 2.74. The number of hydrogen-bond acceptors (Lipinski definition) is 4. The Morgan fingerprint density at radius 3 is 2.34 bits per heavy atom. The second-order valence-electron chi connectivity index (χ2n) is 5.95. The number of anilines is 1. The minimum atomic E-state index is -0.375. The first kappa shape index (κ1) is 20.1. The van der Waals surface area contributed by atoms with E-state index in [2.05, 4.69) is 15.8 Å². The zero-order valence-corrected chi connectivity index (χ0v) is 16.3. The van der Waals surface area contributed by atoms with Crippen LogP contribution in [0.3, 0.4) is 0 Å². The highest BCUT2D eigenvalue weighted by Crippen LogP contribution is 2.18. The normalized spacial score (nSPS) is 10.6. The smallest absolute Gasteiger partial charge is 0.271 e. The molecule has 7 heteroatoms. The van der Waals surface area contributed by atoms with Crippen molar-refractivity contribution in [2.45, 2.75) is 0 Å². The molecule has 146 valence electrons. The third-order valence-corrected chi connectivity index (χ3v) is 4.36. The number of hydrogen-bond donors (Lipinski definition) is 2. The first-order valence-corrected chi connectivity index (χ1v) is 9.08. The van der Waals surface area contributed by atoms with Crippen molar-refractivity contribution in [2.24, 2.45) is 5.10 Å². The Kier molecular flexibility index (Phi) is 6.60. The molecule has 0 heterocycles. The maximum atomic E-state index is 12.3. The molecule has 29 heavy (non-hydrogen) atoms. The minimum Gasteiger partial charge on any atom is -0.496 e. The number of carbonyl (C=O) groups is 2. The Morgan fingerprint density at radius 2 is 1.62 bits per heavy atom. The van der Waals surface area contributed by atoms with Gasteiger partial charge in [0.1, 0.15) is 5.75 Å². The molecule has 0 aliphatic carbocycles. The molecule has 0 fully saturated rings. The third kappa shape index (κ3) is 5.21. The fourth-order valence-electron chi connectivity index (χ4n) is 2.55. The van der Waals surface area contributed by atoms with Gasteiger partial charge in [-0.3, -0.25) is 9.59 Å². The quantitative estimate of drug-likeness (QED) is 0.470. The van der Waals surface area contributed by atoms with E-state index in [0.717, 1.165) is 5.56 Å². The molecule has 0 aliphatic rings. The van der Waals surface area contributed by atoms with E-state index in [9.17, 15) is 9.59 Å². The molecule has 3 aromatic carbocycles. The van der Waals surface area contributed by atoms with Crippen molar-refractivity contribution in [1.82, 2.24) is 5.43 Å². The Bertz CT molecular complexity index is 1050. The van der Waals surface area contributed by atoms with Gasteiger partial charge in [-0.1, -0.05) is 35.9 Å². The number of amides is 2. The maximum Gasteiger partial charge on any atom is 0.271 e. The highest BCUT2D eigenvalue weighted by atomic mass is 35.5. The van der Waals surface area contributed by atoms with Crippen LogP contribution in [0, 0.1) is 0 Å². The summed E-state index contributed by atoms with van der Waals surface area (Å²) in [4.78, 5) is 24.5. The molecule has 0 saturated carbocycles. The van der Waals surface area contributed by atoms with Gasteiger partial charge in [0.25, 0.3) is 11.8 Å². The number of benzene rings is 3. The van der Waals surface area contributed by atoms with Crippen LogP contribution in [0.1, 0.15) is 26.3 Å². The van der Waals surface area contributed by atoms with Gasteiger partial charge in [-0.05, 0) is 48.5 Å². The van der Waals surface area contributed by atoms with E-state index in [1.807, 2.05) is 18.2 Å². The Balaban J connectivity index is 1.61. The molecule has 3 aromatic rings. The zero-order valence-electron chi connectivity index (χ0n) is 15.6. The summed E-state index contributed by atoms with van der Waals surface area (Å²) < 4.78 is 5.22. The maximum absolute atomic E-state index is 12.3. The monoisotopic (exact) mass is 407 g/mol. The van der Waals surface area contributed by atoms with Gasteiger partial charge in [0.05, 0.1) is 23.9 Å². The van der Waals surface area contributed by atoms with Crippen LogP contribution in [-0.4, -0.2) is 25.1 Å². The number of methoxy groups -OCH3 is 1. The van der Waals surface area contributed by atoms with E-state index < -0.39 is 0 Å². The van der Waals surface area contributed by atoms with E-state index in [1.165, 1.54) is 6.21 Å². The van der Waals surface area contributed by atoms with Gasteiger partial charge in [0, 0.05) is 16.8 Å². The van der Waals surface area contributed by atoms with Crippen molar-refractivity contribution in [3.63, 3.8) is 0 Å². The lowest BCUT2D eigenvalue weighted by Crippen LogP contribution is -2.18. The van der Waals surface area contributed by atoms with Crippen LogP contribution in [0.4, 0.5) is 5.69 Å². The average molecular weight is 408 g/mol. The van der Waals surface area contributed by atoms with Crippen LogP contribution in [0.15, 0.2) is 77.9 Å². The Hall–Kier alpha value is -3.64. The van der Waals surface area contributed by atoms with Gasteiger partial charge >= 0.3 is 0 Å². The van der Waals surface area contributed by atoms with E-state index in [-0.39, 0.29) is 11.8 Å². The first-order chi connectivity index (χ1) is 14.1. The molecule has 0 saturated heterocycles. The molecule has 0 unspecified atom stereocenters. The summed E-state index contributed by atoms with van der Waals surface area (Å²) in [5.41, 5.74) is 4.53. The van der Waals surface area contributed by atoms with E-state index in [0.29, 0.717) is 27.6 Å². The van der Waals surface area contributed by atoms with E-state index in [4.69, 9.17) is 16.3 Å². The molecule has 0 aliphatic heterocycles. The second kappa shape index (κ2) is 9.52. The van der Waals surface area contributed by atoms with Crippen molar-refractivity contribution in [2.75, 3.05) is 12.4 Å². The van der Waals surface area contributed by atoms with Gasteiger partial charge in [-0.25, -0.2) is 5.43 Å². The van der Waals surface area contributed by atoms with Crippen LogP contribution in [0.5, 0.6) is 5.75 Å². The number of carbonyl (C=O) groups excluding carboxylic acids is 2. The molecular formula is C22H18ClN3O3. The molecule has 2 amide bonds. The lowest BCUT2D eigenvalue weighted by Gasteiger charge is -2.07. The van der Waals surface area contributed by atoms with Crippen molar-refractivity contribution in [3.05, 3.63) is 94.5 Å². The highest BCUT2D eigenvalue weighted by Gasteiger charge is 2.10. The number of nitrogens with zero attached hydrogens (tertiary/aromatic N) is 1. The van der Waals surface area contributed by atoms with Crippen LogP contribution in [-0.2, 0) is 0 Å². The number of rotatable bonds is 6. The molecule has 2 N–H and O–H groups in total. The summed E-state index contributed by atoms with van der Waals surface area (Å²) in [7, 11) is 1.57. The number of para-hydroxylation sites is 1. The molecule has 0 radical (unpaired) electrons. The highest BCUT2D eigenvalue weighted by molar-refractivity contribution is 6.34. The molecule has 3 rings (SSSR count). The Morgan fingerprint density at radius 1 is 0.931 bits per heavy atom. The summed E-state index contributed by atoms with van der Waals surface area (Å²) in [5, 5.41) is 7.07. The Labute approximate surface area is 173 Å². The fourth-order valence-corrected chi connectivity index (χ4v) is 2.77. The van der Waals surface area contributed by atoms with Gasteiger partial charge in [0.15, 0.2) is 0 Å². The van der Waals surface area contributed by atoms with Gasteiger partial charge in [-0.15, -0.1) is 0 Å². The predicted molar refractivity (Wildman–Crippen MR) is 114 cm³/mol. The topological polar surface area (TPSA) is 79.8 Å². The van der Waals surface area contributed by atoms with Crippen LogP contribution < -0.4 is 15.5 Å². The van der Waals surface area contributed by atoms with Crippen molar-refractivity contribution in [3.8, 4) is 5.75 Å².